The first-order valence-corrected chi connectivity index (χ1v) is 33.6. The molecule has 2 aromatic heterocycles. The number of rotatable bonds is 4. The van der Waals surface area contributed by atoms with Gasteiger partial charge in [0.25, 0.3) is 0 Å². The van der Waals surface area contributed by atoms with E-state index in [0.717, 1.165) is 72.1 Å². The van der Waals surface area contributed by atoms with Crippen molar-refractivity contribution in [2.45, 2.75) is 16.2 Å². The Morgan fingerprint density at radius 1 is 0.219 bits per heavy atom. The molecule has 6 aliphatic rings. The SMILES string of the molecule is c1ccc(-c2cc3c(c4c2oc2ccccc24)-c2ccc(N(c4ccccc4)c4ccc5c(c4)C4(c6ccccc6-c6ccccc64)c4c6c(c7oc8ccccc8c7c4-5)-c4ccccc4C64c5ccccc5-c5ccccc54)cc2C32c3ccccc3-c3ccccc32)cc1. The molecule has 3 spiro atoms. The molecule has 0 saturated carbocycles. The molecule has 0 atom stereocenters. The van der Waals surface area contributed by atoms with Crippen molar-refractivity contribution in [3.05, 3.63) is 388 Å². The molecule has 0 N–H and O–H groups in total. The van der Waals surface area contributed by atoms with Gasteiger partial charge in [0.05, 0.1) is 16.2 Å². The molecule has 6 aliphatic carbocycles. The minimum Gasteiger partial charge on any atom is -0.455 e. The van der Waals surface area contributed by atoms with E-state index in [9.17, 15) is 0 Å². The van der Waals surface area contributed by atoms with Crippen LogP contribution in [0.1, 0.15) is 66.8 Å². The third-order valence-corrected chi connectivity index (χ3v) is 23.1. The van der Waals surface area contributed by atoms with Gasteiger partial charge in [0.15, 0.2) is 0 Å². The molecule has 96 heavy (non-hydrogen) atoms. The second kappa shape index (κ2) is 18.1. The van der Waals surface area contributed by atoms with Crippen LogP contribution in [-0.2, 0) is 16.2 Å². The predicted octanol–water partition coefficient (Wildman–Crippen LogP) is 23.7. The molecule has 0 bridgehead atoms. The average molecular weight is 1220 g/mol. The third kappa shape index (κ3) is 5.88. The molecule has 3 heteroatoms. The first-order chi connectivity index (χ1) is 47.7. The third-order valence-electron chi connectivity index (χ3n) is 23.1. The second-order valence-corrected chi connectivity index (χ2v) is 27.0. The molecule has 0 aliphatic heterocycles. The fourth-order valence-corrected chi connectivity index (χ4v) is 19.8. The number of para-hydroxylation sites is 3. The summed E-state index contributed by atoms with van der Waals surface area (Å²) in [6.07, 6.45) is 0. The molecular weight excluding hydrogens is 1160 g/mol. The minimum absolute atomic E-state index is 0.697. The summed E-state index contributed by atoms with van der Waals surface area (Å²) < 4.78 is 14.7. The van der Waals surface area contributed by atoms with E-state index in [4.69, 9.17) is 8.83 Å². The molecule has 0 unspecified atom stereocenters. The standard InChI is InChI=1S/C93H53NO2/c1-3-25-54(26-4-1)69-53-79-82(84-67-36-14-23-45-80(67)95-89(69)84)65-49-47-56(51-77(65)91(79)70-38-16-7-29-58(70)59-30-8-17-39-71(59)91)94(55-27-5-2-6-28-55)57-48-50-66-78(52-57)93(74-42-20-11-33-62(74)63-34-12-21-43-75(63)93)87-83(66)85-68-37-15-24-46-81(68)96-90(85)86-64-35-13-22-44-76(64)92(88(86)87)72-40-18-9-31-60(72)61-32-10-19-41-73(61)92/h1-53H. The molecule has 0 amide bonds. The highest BCUT2D eigenvalue weighted by molar-refractivity contribution is 6.24. The summed E-state index contributed by atoms with van der Waals surface area (Å²) in [6.45, 7) is 0. The van der Waals surface area contributed by atoms with Crippen molar-refractivity contribution in [1.82, 2.24) is 0 Å². The maximum Gasteiger partial charge on any atom is 0.144 e. The molecule has 2 heterocycles. The molecule has 0 saturated heterocycles. The summed E-state index contributed by atoms with van der Waals surface area (Å²) in [5, 5.41) is 4.55. The summed E-state index contributed by atoms with van der Waals surface area (Å²) in [4.78, 5) is 2.54. The van der Waals surface area contributed by atoms with Gasteiger partial charge in [0.1, 0.15) is 22.3 Å². The van der Waals surface area contributed by atoms with E-state index in [1.54, 1.807) is 0 Å². The Balaban J connectivity index is 0.848. The summed E-state index contributed by atoms with van der Waals surface area (Å²) >= 11 is 0. The Morgan fingerprint density at radius 3 is 1.08 bits per heavy atom. The van der Waals surface area contributed by atoms with Gasteiger partial charge in [-0.25, -0.2) is 0 Å². The molecule has 15 aromatic carbocycles. The van der Waals surface area contributed by atoms with Crippen molar-refractivity contribution in [3.63, 3.8) is 0 Å². The smallest absolute Gasteiger partial charge is 0.144 e. The summed E-state index contributed by atoms with van der Waals surface area (Å²) in [6, 6.07) is 122. The van der Waals surface area contributed by atoms with E-state index in [0.29, 0.717) is 0 Å². The molecule has 442 valence electrons. The van der Waals surface area contributed by atoms with Crippen LogP contribution in [0.5, 0.6) is 0 Å². The van der Waals surface area contributed by atoms with Crippen LogP contribution in [0.25, 0.3) is 122 Å². The van der Waals surface area contributed by atoms with Crippen LogP contribution in [-0.4, -0.2) is 0 Å². The number of anilines is 3. The summed E-state index contributed by atoms with van der Waals surface area (Å²) in [5.41, 5.74) is 37.2. The fourth-order valence-electron chi connectivity index (χ4n) is 19.8. The Bertz CT molecular complexity index is 6220. The van der Waals surface area contributed by atoms with Gasteiger partial charge in [0, 0.05) is 49.7 Å². The number of hydrogen-bond acceptors (Lipinski definition) is 3. The van der Waals surface area contributed by atoms with Gasteiger partial charge in [-0.1, -0.05) is 267 Å². The molecule has 3 nitrogen and oxygen atoms in total. The predicted molar refractivity (Wildman–Crippen MR) is 390 cm³/mol. The molecule has 23 rings (SSSR count). The van der Waals surface area contributed by atoms with E-state index in [1.807, 2.05) is 0 Å². The minimum atomic E-state index is -0.815. The van der Waals surface area contributed by atoms with Crippen molar-refractivity contribution in [1.29, 1.82) is 0 Å². The molecule has 17 aromatic rings. The van der Waals surface area contributed by atoms with Gasteiger partial charge in [0.2, 0.25) is 0 Å². The van der Waals surface area contributed by atoms with Crippen LogP contribution in [0.4, 0.5) is 17.1 Å². The lowest BCUT2D eigenvalue weighted by molar-refractivity contribution is 0.667. The summed E-state index contributed by atoms with van der Waals surface area (Å²) in [5.74, 6) is 0. The number of nitrogens with zero attached hydrogens (tertiary/aromatic N) is 1. The van der Waals surface area contributed by atoms with Gasteiger partial charge < -0.3 is 13.7 Å². The van der Waals surface area contributed by atoms with Crippen molar-refractivity contribution in [2.75, 3.05) is 4.90 Å². The van der Waals surface area contributed by atoms with Crippen LogP contribution < -0.4 is 4.90 Å². The molecule has 0 fully saturated rings. The maximum absolute atomic E-state index is 7.54. The lowest BCUT2D eigenvalue weighted by Gasteiger charge is -2.38. The quantitative estimate of drug-likeness (QED) is 0.176. The number of fused-ring (bicyclic) bond motifs is 40. The van der Waals surface area contributed by atoms with E-state index in [2.05, 4.69) is 326 Å². The van der Waals surface area contributed by atoms with E-state index >= 15 is 0 Å². The van der Waals surface area contributed by atoms with E-state index < -0.39 is 16.2 Å². The Labute approximate surface area is 553 Å². The average Bonchev–Trinajstić information content (AvgIpc) is 1.47. The van der Waals surface area contributed by atoms with Crippen molar-refractivity contribution in [3.8, 4) is 77.9 Å². The van der Waals surface area contributed by atoms with E-state index in [1.165, 1.54) is 134 Å². The highest BCUT2D eigenvalue weighted by Gasteiger charge is 2.62. The highest BCUT2D eigenvalue weighted by Crippen LogP contribution is 2.74. The highest BCUT2D eigenvalue weighted by atomic mass is 16.3. The lowest BCUT2D eigenvalue weighted by Crippen LogP contribution is -2.33. The van der Waals surface area contributed by atoms with Crippen LogP contribution in [0.3, 0.4) is 0 Å². The van der Waals surface area contributed by atoms with Gasteiger partial charge in [-0.3, -0.25) is 0 Å². The molecular formula is C93H53NO2. The number of furan rings is 2. The van der Waals surface area contributed by atoms with Crippen LogP contribution in [0, 0.1) is 0 Å². The first-order valence-electron chi connectivity index (χ1n) is 33.6. The van der Waals surface area contributed by atoms with Crippen molar-refractivity contribution >= 4 is 60.9 Å². The molecule has 0 radical (unpaired) electrons. The van der Waals surface area contributed by atoms with Crippen LogP contribution >= 0.6 is 0 Å². The Kier molecular flexibility index (Phi) is 9.65. The van der Waals surface area contributed by atoms with E-state index in [-0.39, 0.29) is 0 Å². The Hall–Kier alpha value is -12.3. The zero-order valence-corrected chi connectivity index (χ0v) is 51.9. The monoisotopic (exact) mass is 1220 g/mol. The maximum atomic E-state index is 7.54. The number of hydrogen-bond donors (Lipinski definition) is 0. The normalized spacial score (nSPS) is 14.7. The fraction of sp³-hybridized carbons (Fsp3) is 0.0323. The van der Waals surface area contributed by atoms with Gasteiger partial charge in [-0.05, 0) is 188 Å². The van der Waals surface area contributed by atoms with Gasteiger partial charge in [-0.15, -0.1) is 0 Å². The van der Waals surface area contributed by atoms with Gasteiger partial charge in [-0.2, -0.15) is 0 Å². The first kappa shape index (κ1) is 51.2. The topological polar surface area (TPSA) is 29.5 Å². The summed E-state index contributed by atoms with van der Waals surface area (Å²) in [7, 11) is 0. The van der Waals surface area contributed by atoms with Gasteiger partial charge >= 0.3 is 0 Å². The largest absolute Gasteiger partial charge is 0.455 e. The zero-order chi connectivity index (χ0) is 62.3. The van der Waals surface area contributed by atoms with Crippen molar-refractivity contribution in [2.24, 2.45) is 0 Å². The van der Waals surface area contributed by atoms with Crippen LogP contribution in [0.2, 0.25) is 0 Å². The van der Waals surface area contributed by atoms with Crippen molar-refractivity contribution < 1.29 is 8.83 Å². The lowest BCUT2D eigenvalue weighted by atomic mass is 9.62. The number of benzene rings is 15. The van der Waals surface area contributed by atoms with Crippen LogP contribution in [0.15, 0.2) is 330 Å². The zero-order valence-electron chi connectivity index (χ0n) is 51.9. The Morgan fingerprint density at radius 2 is 0.573 bits per heavy atom. The second-order valence-electron chi connectivity index (χ2n) is 27.0.